The fourth-order valence-electron chi connectivity index (χ4n) is 2.52. The Hall–Kier alpha value is -0.820. The molecule has 0 aromatic heterocycles. The van der Waals surface area contributed by atoms with E-state index in [9.17, 15) is 0 Å². The molecule has 1 aromatic carbocycles. The van der Waals surface area contributed by atoms with Gasteiger partial charge in [0.05, 0.1) is 0 Å². The van der Waals surface area contributed by atoms with Crippen molar-refractivity contribution in [1.29, 1.82) is 0 Å². The van der Waals surface area contributed by atoms with Crippen molar-refractivity contribution in [3.8, 4) is 0 Å². The van der Waals surface area contributed by atoms with E-state index in [1.54, 1.807) is 11.1 Å². The number of hydrogen-bond acceptors (Lipinski definition) is 1. The molecule has 1 unspecified atom stereocenters. The standard InChI is InChI=1S/C14H20O/c1-11-4-2-6-13-8-7-12(5-3-9-15)10-14(11)13/h7-8,10-11,15H,2-6,9H2,1H3. The first-order valence-electron chi connectivity index (χ1n) is 6.04. The van der Waals surface area contributed by atoms with Gasteiger partial charge in [0.1, 0.15) is 0 Å². The molecule has 1 aromatic rings. The van der Waals surface area contributed by atoms with E-state index in [-0.39, 0.29) is 0 Å². The number of aliphatic hydroxyl groups excluding tert-OH is 1. The van der Waals surface area contributed by atoms with Crippen molar-refractivity contribution in [3.63, 3.8) is 0 Å². The zero-order valence-electron chi connectivity index (χ0n) is 9.50. The minimum absolute atomic E-state index is 0.298. The molecule has 0 aliphatic heterocycles. The summed E-state index contributed by atoms with van der Waals surface area (Å²) in [6, 6.07) is 6.87. The van der Waals surface area contributed by atoms with Gasteiger partial charge in [-0.25, -0.2) is 0 Å². The fourth-order valence-corrected chi connectivity index (χ4v) is 2.52. The minimum Gasteiger partial charge on any atom is -0.396 e. The molecule has 1 aliphatic rings. The van der Waals surface area contributed by atoms with Gasteiger partial charge < -0.3 is 5.11 Å². The Morgan fingerprint density at radius 2 is 2.27 bits per heavy atom. The van der Waals surface area contributed by atoms with Crippen LogP contribution >= 0.6 is 0 Å². The Labute approximate surface area is 92.1 Å². The molecule has 0 radical (unpaired) electrons. The Bertz CT molecular complexity index is 330. The van der Waals surface area contributed by atoms with Crippen molar-refractivity contribution in [1.82, 2.24) is 0 Å². The van der Waals surface area contributed by atoms with Gasteiger partial charge in [-0.1, -0.05) is 25.1 Å². The molecule has 0 saturated carbocycles. The second-order valence-corrected chi connectivity index (χ2v) is 4.65. The molecule has 0 spiro atoms. The molecular formula is C14H20O. The van der Waals surface area contributed by atoms with E-state index >= 15 is 0 Å². The highest BCUT2D eigenvalue weighted by Crippen LogP contribution is 2.31. The smallest absolute Gasteiger partial charge is 0.0434 e. The van der Waals surface area contributed by atoms with Crippen LogP contribution in [-0.2, 0) is 12.8 Å². The highest BCUT2D eigenvalue weighted by atomic mass is 16.2. The van der Waals surface area contributed by atoms with Gasteiger partial charge in [-0.15, -0.1) is 0 Å². The predicted molar refractivity (Wildman–Crippen MR) is 63.2 cm³/mol. The van der Waals surface area contributed by atoms with Gasteiger partial charge in [-0.2, -0.15) is 0 Å². The van der Waals surface area contributed by atoms with Crippen LogP contribution in [0.2, 0.25) is 0 Å². The van der Waals surface area contributed by atoms with Gasteiger partial charge in [0.25, 0.3) is 0 Å². The Balaban J connectivity index is 2.19. The number of aliphatic hydroxyl groups is 1. The van der Waals surface area contributed by atoms with E-state index in [0.717, 1.165) is 18.8 Å². The second-order valence-electron chi connectivity index (χ2n) is 4.65. The maximum absolute atomic E-state index is 8.82. The lowest BCUT2D eigenvalue weighted by molar-refractivity contribution is 0.288. The second kappa shape index (κ2) is 4.80. The molecule has 1 heteroatoms. The zero-order chi connectivity index (χ0) is 10.7. The average molecular weight is 204 g/mol. The van der Waals surface area contributed by atoms with Crippen molar-refractivity contribution >= 4 is 0 Å². The van der Waals surface area contributed by atoms with Gasteiger partial charge in [0.15, 0.2) is 0 Å². The van der Waals surface area contributed by atoms with E-state index in [2.05, 4.69) is 25.1 Å². The summed E-state index contributed by atoms with van der Waals surface area (Å²) in [6.45, 7) is 2.63. The monoisotopic (exact) mass is 204 g/mol. The zero-order valence-corrected chi connectivity index (χ0v) is 9.50. The number of aryl methyl sites for hydroxylation is 2. The molecule has 0 heterocycles. The minimum atomic E-state index is 0.298. The van der Waals surface area contributed by atoms with E-state index in [0.29, 0.717) is 6.61 Å². The van der Waals surface area contributed by atoms with Crippen LogP contribution in [-0.4, -0.2) is 11.7 Å². The summed E-state index contributed by atoms with van der Waals surface area (Å²) in [5.41, 5.74) is 4.48. The summed E-state index contributed by atoms with van der Waals surface area (Å²) in [6.07, 6.45) is 5.81. The summed E-state index contributed by atoms with van der Waals surface area (Å²) >= 11 is 0. The fraction of sp³-hybridized carbons (Fsp3) is 0.571. The molecule has 0 fully saturated rings. The van der Waals surface area contributed by atoms with E-state index in [4.69, 9.17) is 5.11 Å². The normalized spacial score (nSPS) is 20.0. The third-order valence-corrected chi connectivity index (χ3v) is 3.45. The van der Waals surface area contributed by atoms with Crippen molar-refractivity contribution in [2.24, 2.45) is 0 Å². The molecule has 1 aliphatic carbocycles. The van der Waals surface area contributed by atoms with Gasteiger partial charge in [-0.3, -0.25) is 0 Å². The Morgan fingerprint density at radius 1 is 1.40 bits per heavy atom. The molecule has 1 N–H and O–H groups in total. The first kappa shape index (κ1) is 10.7. The Kier molecular flexibility index (Phi) is 3.42. The lowest BCUT2D eigenvalue weighted by Crippen LogP contribution is -2.07. The topological polar surface area (TPSA) is 20.2 Å². The molecule has 82 valence electrons. The quantitative estimate of drug-likeness (QED) is 0.802. The largest absolute Gasteiger partial charge is 0.396 e. The third-order valence-electron chi connectivity index (χ3n) is 3.45. The lowest BCUT2D eigenvalue weighted by Gasteiger charge is -2.23. The van der Waals surface area contributed by atoms with Crippen LogP contribution in [0.3, 0.4) is 0 Å². The molecule has 0 bridgehead atoms. The van der Waals surface area contributed by atoms with Gasteiger partial charge in [0.2, 0.25) is 0 Å². The van der Waals surface area contributed by atoms with E-state index in [1.807, 2.05) is 0 Å². The highest BCUT2D eigenvalue weighted by molar-refractivity contribution is 5.36. The van der Waals surface area contributed by atoms with Crippen molar-refractivity contribution in [3.05, 3.63) is 34.9 Å². The summed E-state index contributed by atoms with van der Waals surface area (Å²) in [7, 11) is 0. The van der Waals surface area contributed by atoms with Gasteiger partial charge in [0, 0.05) is 6.61 Å². The van der Waals surface area contributed by atoms with Crippen molar-refractivity contribution in [2.45, 2.75) is 44.9 Å². The summed E-state index contributed by atoms with van der Waals surface area (Å²) < 4.78 is 0. The van der Waals surface area contributed by atoms with Crippen LogP contribution in [0.5, 0.6) is 0 Å². The highest BCUT2D eigenvalue weighted by Gasteiger charge is 2.16. The molecule has 1 nitrogen and oxygen atoms in total. The molecule has 1 atom stereocenters. The van der Waals surface area contributed by atoms with Gasteiger partial charge >= 0.3 is 0 Å². The number of benzene rings is 1. The number of hydrogen-bond donors (Lipinski definition) is 1. The molecule has 15 heavy (non-hydrogen) atoms. The first-order valence-corrected chi connectivity index (χ1v) is 6.04. The first-order chi connectivity index (χ1) is 7.31. The number of rotatable bonds is 3. The summed E-state index contributed by atoms with van der Waals surface area (Å²) in [5, 5.41) is 8.82. The average Bonchev–Trinajstić information content (AvgIpc) is 2.27. The predicted octanol–water partition coefficient (Wildman–Crippen LogP) is 3.05. The number of fused-ring (bicyclic) bond motifs is 1. The lowest BCUT2D eigenvalue weighted by atomic mass is 9.83. The molecule has 2 rings (SSSR count). The third kappa shape index (κ3) is 2.40. The van der Waals surface area contributed by atoms with Crippen LogP contribution in [0.1, 0.15) is 48.8 Å². The molecule has 0 saturated heterocycles. The van der Waals surface area contributed by atoms with Gasteiger partial charge in [-0.05, 0) is 54.7 Å². The molecule has 0 amide bonds. The maximum Gasteiger partial charge on any atom is 0.0434 e. The summed E-state index contributed by atoms with van der Waals surface area (Å²) in [4.78, 5) is 0. The van der Waals surface area contributed by atoms with Crippen molar-refractivity contribution < 1.29 is 5.11 Å². The van der Waals surface area contributed by atoms with E-state index < -0.39 is 0 Å². The van der Waals surface area contributed by atoms with Crippen LogP contribution in [0, 0.1) is 0 Å². The van der Waals surface area contributed by atoms with Crippen LogP contribution in [0.15, 0.2) is 18.2 Å². The summed E-state index contributed by atoms with van der Waals surface area (Å²) in [5.74, 6) is 0.725. The maximum atomic E-state index is 8.82. The SMILES string of the molecule is CC1CCCc2ccc(CCCO)cc21. The molecular weight excluding hydrogens is 184 g/mol. The van der Waals surface area contributed by atoms with Crippen LogP contribution < -0.4 is 0 Å². The van der Waals surface area contributed by atoms with Crippen LogP contribution in [0.4, 0.5) is 0 Å². The van der Waals surface area contributed by atoms with Crippen molar-refractivity contribution in [2.75, 3.05) is 6.61 Å². The Morgan fingerprint density at radius 3 is 3.07 bits per heavy atom. The van der Waals surface area contributed by atoms with Crippen LogP contribution in [0.25, 0.3) is 0 Å². The van der Waals surface area contributed by atoms with E-state index in [1.165, 1.54) is 24.8 Å².